The molecule has 2 rings (SSSR count). The summed E-state index contributed by atoms with van der Waals surface area (Å²) in [7, 11) is 1.91. The summed E-state index contributed by atoms with van der Waals surface area (Å²) in [4.78, 5) is 14.3. The fourth-order valence-corrected chi connectivity index (χ4v) is 2.37. The van der Waals surface area contributed by atoms with Gasteiger partial charge in [0.25, 0.3) is 5.91 Å². The lowest BCUT2D eigenvalue weighted by atomic mass is 9.85. The van der Waals surface area contributed by atoms with E-state index < -0.39 is 0 Å². The third-order valence-corrected chi connectivity index (χ3v) is 3.63. The third kappa shape index (κ3) is 2.84. The molecule has 3 heteroatoms. The lowest BCUT2D eigenvalue weighted by Gasteiger charge is -2.30. The molecule has 1 saturated carbocycles. The van der Waals surface area contributed by atoms with Gasteiger partial charge in [0, 0.05) is 25.8 Å². The zero-order valence-electron chi connectivity index (χ0n) is 11.3. The number of anilines is 1. The van der Waals surface area contributed by atoms with Crippen molar-refractivity contribution in [2.45, 2.75) is 26.2 Å². The van der Waals surface area contributed by atoms with Gasteiger partial charge in [-0.2, -0.15) is 0 Å². The van der Waals surface area contributed by atoms with Gasteiger partial charge in [0.2, 0.25) is 0 Å². The fraction of sp³-hybridized carbons (Fsp3) is 0.533. The van der Waals surface area contributed by atoms with Crippen molar-refractivity contribution in [2.24, 2.45) is 5.92 Å². The van der Waals surface area contributed by atoms with Crippen LogP contribution in [-0.4, -0.2) is 30.9 Å². The minimum absolute atomic E-state index is 0.124. The second kappa shape index (κ2) is 5.89. The van der Waals surface area contributed by atoms with Gasteiger partial charge in [0.1, 0.15) is 0 Å². The van der Waals surface area contributed by atoms with E-state index in [2.05, 4.69) is 5.32 Å². The van der Waals surface area contributed by atoms with Crippen molar-refractivity contribution in [1.29, 1.82) is 0 Å². The van der Waals surface area contributed by atoms with Gasteiger partial charge in [-0.1, -0.05) is 18.6 Å². The van der Waals surface area contributed by atoms with Crippen LogP contribution < -0.4 is 5.32 Å². The van der Waals surface area contributed by atoms with E-state index in [-0.39, 0.29) is 5.91 Å². The Kier molecular flexibility index (Phi) is 4.24. The molecule has 1 amide bonds. The standard InChI is InChI=1S/C15H22N2O/c1-3-16-14-10-5-4-9-13(14)15(18)17(2)11-12-7-6-8-12/h4-5,9-10,12,16H,3,6-8,11H2,1-2H3. The van der Waals surface area contributed by atoms with Crippen molar-refractivity contribution in [1.82, 2.24) is 4.90 Å². The topological polar surface area (TPSA) is 32.3 Å². The maximum absolute atomic E-state index is 12.4. The molecule has 0 heterocycles. The summed E-state index contributed by atoms with van der Waals surface area (Å²) in [6, 6.07) is 7.75. The Bertz CT molecular complexity index is 413. The summed E-state index contributed by atoms with van der Waals surface area (Å²) in [6.45, 7) is 3.76. The largest absolute Gasteiger partial charge is 0.385 e. The van der Waals surface area contributed by atoms with Gasteiger partial charge in [-0.15, -0.1) is 0 Å². The number of carbonyl (C=O) groups excluding carboxylic acids is 1. The van der Waals surface area contributed by atoms with Crippen LogP contribution in [0.4, 0.5) is 5.69 Å². The van der Waals surface area contributed by atoms with Crippen LogP contribution in [0.1, 0.15) is 36.5 Å². The third-order valence-electron chi connectivity index (χ3n) is 3.63. The Balaban J connectivity index is 2.06. The molecule has 3 nitrogen and oxygen atoms in total. The van der Waals surface area contributed by atoms with Gasteiger partial charge in [0.05, 0.1) is 5.56 Å². The number of carbonyl (C=O) groups is 1. The molecule has 0 spiro atoms. The van der Waals surface area contributed by atoms with Crippen molar-refractivity contribution in [3.05, 3.63) is 29.8 Å². The Morgan fingerprint density at radius 1 is 1.39 bits per heavy atom. The van der Waals surface area contributed by atoms with E-state index in [9.17, 15) is 4.79 Å². The first-order chi connectivity index (χ1) is 8.72. The van der Waals surface area contributed by atoms with E-state index in [1.54, 1.807) is 0 Å². The molecule has 1 fully saturated rings. The second-order valence-corrected chi connectivity index (χ2v) is 5.06. The molecule has 1 aromatic carbocycles. The summed E-state index contributed by atoms with van der Waals surface area (Å²) in [5.41, 5.74) is 1.71. The average molecular weight is 246 g/mol. The summed E-state index contributed by atoms with van der Waals surface area (Å²) in [5, 5.41) is 3.25. The zero-order chi connectivity index (χ0) is 13.0. The minimum atomic E-state index is 0.124. The summed E-state index contributed by atoms with van der Waals surface area (Å²) in [5.74, 6) is 0.837. The van der Waals surface area contributed by atoms with Gasteiger partial charge in [0.15, 0.2) is 0 Å². The smallest absolute Gasteiger partial charge is 0.255 e. The van der Waals surface area contributed by atoms with Crippen molar-refractivity contribution in [3.63, 3.8) is 0 Å². The molecule has 1 aliphatic rings. The molecule has 0 saturated heterocycles. The molecule has 0 aliphatic heterocycles. The Morgan fingerprint density at radius 2 is 2.11 bits per heavy atom. The van der Waals surface area contributed by atoms with E-state index in [0.717, 1.165) is 24.3 Å². The molecule has 1 aliphatic carbocycles. The van der Waals surface area contributed by atoms with Gasteiger partial charge >= 0.3 is 0 Å². The number of amides is 1. The molecule has 1 aromatic rings. The van der Waals surface area contributed by atoms with Gasteiger partial charge in [-0.25, -0.2) is 0 Å². The molecular formula is C15H22N2O. The molecule has 0 unspecified atom stereocenters. The SMILES string of the molecule is CCNc1ccccc1C(=O)N(C)CC1CCC1. The minimum Gasteiger partial charge on any atom is -0.385 e. The second-order valence-electron chi connectivity index (χ2n) is 5.06. The van der Waals surface area contributed by atoms with Crippen molar-refractivity contribution >= 4 is 11.6 Å². The lowest BCUT2D eigenvalue weighted by Crippen LogP contribution is -2.34. The van der Waals surface area contributed by atoms with Crippen LogP contribution in [0.2, 0.25) is 0 Å². The van der Waals surface area contributed by atoms with E-state index in [1.807, 2.05) is 43.1 Å². The molecule has 1 N–H and O–H groups in total. The first-order valence-electron chi connectivity index (χ1n) is 6.80. The van der Waals surface area contributed by atoms with Crippen molar-refractivity contribution in [2.75, 3.05) is 25.5 Å². The molecule has 0 radical (unpaired) electrons. The maximum atomic E-state index is 12.4. The van der Waals surface area contributed by atoms with Gasteiger partial charge in [-0.05, 0) is 37.8 Å². The maximum Gasteiger partial charge on any atom is 0.255 e. The summed E-state index contributed by atoms with van der Waals surface area (Å²) in [6.07, 6.45) is 3.86. The fourth-order valence-electron chi connectivity index (χ4n) is 2.37. The van der Waals surface area contributed by atoms with Gasteiger partial charge in [-0.3, -0.25) is 4.79 Å². The predicted molar refractivity (Wildman–Crippen MR) is 74.9 cm³/mol. The molecule has 0 atom stereocenters. The lowest BCUT2D eigenvalue weighted by molar-refractivity contribution is 0.0746. The molecule has 0 bridgehead atoms. The quantitative estimate of drug-likeness (QED) is 0.866. The number of para-hydroxylation sites is 1. The first-order valence-corrected chi connectivity index (χ1v) is 6.80. The van der Waals surface area contributed by atoms with Gasteiger partial charge < -0.3 is 10.2 Å². The summed E-state index contributed by atoms with van der Waals surface area (Å²) >= 11 is 0. The Morgan fingerprint density at radius 3 is 2.72 bits per heavy atom. The number of nitrogens with zero attached hydrogens (tertiary/aromatic N) is 1. The Labute approximate surface area is 109 Å². The van der Waals surface area contributed by atoms with Crippen LogP contribution in [0.3, 0.4) is 0 Å². The van der Waals surface area contributed by atoms with Crippen LogP contribution in [0.25, 0.3) is 0 Å². The first kappa shape index (κ1) is 12.9. The van der Waals surface area contributed by atoms with Crippen molar-refractivity contribution in [3.8, 4) is 0 Å². The van der Waals surface area contributed by atoms with E-state index in [0.29, 0.717) is 5.92 Å². The van der Waals surface area contributed by atoms with Crippen LogP contribution in [0.15, 0.2) is 24.3 Å². The van der Waals surface area contributed by atoms with E-state index >= 15 is 0 Å². The van der Waals surface area contributed by atoms with Crippen LogP contribution >= 0.6 is 0 Å². The highest BCUT2D eigenvalue weighted by Gasteiger charge is 2.22. The van der Waals surface area contributed by atoms with Crippen LogP contribution in [0.5, 0.6) is 0 Å². The summed E-state index contributed by atoms with van der Waals surface area (Å²) < 4.78 is 0. The van der Waals surface area contributed by atoms with Crippen LogP contribution in [-0.2, 0) is 0 Å². The Hall–Kier alpha value is -1.51. The number of benzene rings is 1. The highest BCUT2D eigenvalue weighted by molar-refractivity contribution is 5.99. The molecule has 98 valence electrons. The zero-order valence-corrected chi connectivity index (χ0v) is 11.3. The monoisotopic (exact) mass is 246 g/mol. The highest BCUT2D eigenvalue weighted by atomic mass is 16.2. The predicted octanol–water partition coefficient (Wildman–Crippen LogP) is 2.99. The van der Waals surface area contributed by atoms with E-state index in [1.165, 1.54) is 19.3 Å². The van der Waals surface area contributed by atoms with Crippen molar-refractivity contribution < 1.29 is 4.79 Å². The number of hydrogen-bond acceptors (Lipinski definition) is 2. The average Bonchev–Trinajstić information content (AvgIpc) is 2.34. The molecule has 18 heavy (non-hydrogen) atoms. The number of rotatable bonds is 5. The normalized spacial score (nSPS) is 15.0. The van der Waals surface area contributed by atoms with E-state index in [4.69, 9.17) is 0 Å². The highest BCUT2D eigenvalue weighted by Crippen LogP contribution is 2.27. The number of hydrogen-bond donors (Lipinski definition) is 1. The molecular weight excluding hydrogens is 224 g/mol. The number of nitrogens with one attached hydrogen (secondary N) is 1. The molecule has 0 aromatic heterocycles. The van der Waals surface area contributed by atoms with Crippen LogP contribution in [0, 0.1) is 5.92 Å².